The molecule has 0 saturated carbocycles. The lowest BCUT2D eigenvalue weighted by Crippen LogP contribution is -2.02. The second-order valence-electron chi connectivity index (χ2n) is 4.54. The lowest BCUT2D eigenvalue weighted by molar-refractivity contribution is 0.619. The van der Waals surface area contributed by atoms with Crippen LogP contribution in [0.25, 0.3) is 0 Å². The Hall–Kier alpha value is -0.870. The quantitative estimate of drug-likeness (QED) is 0.725. The van der Waals surface area contributed by atoms with Gasteiger partial charge in [-0.15, -0.1) is 0 Å². The SMILES string of the molecule is Cc1cc(C)c(NCc2ccc(Br)c(F)c2)c(Br)c1. The Labute approximate surface area is 129 Å². The molecule has 0 radical (unpaired) electrons. The summed E-state index contributed by atoms with van der Waals surface area (Å²) in [5, 5.41) is 3.34. The molecule has 0 fully saturated rings. The summed E-state index contributed by atoms with van der Waals surface area (Å²) in [6.07, 6.45) is 0. The van der Waals surface area contributed by atoms with E-state index >= 15 is 0 Å². The third kappa shape index (κ3) is 3.57. The number of benzene rings is 2. The van der Waals surface area contributed by atoms with Crippen molar-refractivity contribution in [1.29, 1.82) is 0 Å². The monoisotopic (exact) mass is 385 g/mol. The molecule has 0 amide bonds. The normalized spacial score (nSPS) is 10.6. The molecule has 1 nitrogen and oxygen atoms in total. The first kappa shape index (κ1) is 14.5. The van der Waals surface area contributed by atoms with Gasteiger partial charge in [-0.2, -0.15) is 0 Å². The van der Waals surface area contributed by atoms with Crippen LogP contribution in [0.2, 0.25) is 0 Å². The van der Waals surface area contributed by atoms with Crippen molar-refractivity contribution in [2.75, 3.05) is 5.32 Å². The number of anilines is 1. The Morgan fingerprint density at radius 2 is 1.79 bits per heavy atom. The highest BCUT2D eigenvalue weighted by molar-refractivity contribution is 9.10. The molecule has 100 valence electrons. The Bertz CT molecular complexity index is 588. The van der Waals surface area contributed by atoms with E-state index < -0.39 is 0 Å². The lowest BCUT2D eigenvalue weighted by atomic mass is 10.1. The molecule has 0 saturated heterocycles. The van der Waals surface area contributed by atoms with Crippen molar-refractivity contribution in [1.82, 2.24) is 0 Å². The van der Waals surface area contributed by atoms with Crippen LogP contribution in [-0.2, 0) is 6.54 Å². The van der Waals surface area contributed by atoms with Gasteiger partial charge in [0.25, 0.3) is 0 Å². The predicted octanol–water partition coefficient (Wildman–Crippen LogP) is 5.58. The number of hydrogen-bond donors (Lipinski definition) is 1. The van der Waals surface area contributed by atoms with E-state index in [1.807, 2.05) is 6.07 Å². The summed E-state index contributed by atoms with van der Waals surface area (Å²) in [6, 6.07) is 9.35. The summed E-state index contributed by atoms with van der Waals surface area (Å²) < 4.78 is 15.0. The van der Waals surface area contributed by atoms with Crippen molar-refractivity contribution >= 4 is 37.5 Å². The number of rotatable bonds is 3. The molecule has 0 aliphatic heterocycles. The lowest BCUT2D eigenvalue weighted by Gasteiger charge is -2.13. The molecule has 2 aromatic carbocycles. The molecule has 19 heavy (non-hydrogen) atoms. The van der Waals surface area contributed by atoms with Gasteiger partial charge in [0.1, 0.15) is 5.82 Å². The Kier molecular flexibility index (Phi) is 4.63. The first-order valence-electron chi connectivity index (χ1n) is 5.92. The fraction of sp³-hybridized carbons (Fsp3) is 0.200. The molecule has 0 spiro atoms. The van der Waals surface area contributed by atoms with Gasteiger partial charge in [0.15, 0.2) is 0 Å². The van der Waals surface area contributed by atoms with Crippen molar-refractivity contribution in [3.8, 4) is 0 Å². The average Bonchev–Trinajstić information content (AvgIpc) is 2.32. The van der Waals surface area contributed by atoms with Crippen LogP contribution in [0.1, 0.15) is 16.7 Å². The zero-order valence-electron chi connectivity index (χ0n) is 10.7. The van der Waals surface area contributed by atoms with E-state index in [2.05, 4.69) is 63.2 Å². The smallest absolute Gasteiger partial charge is 0.137 e. The largest absolute Gasteiger partial charge is 0.380 e. The van der Waals surface area contributed by atoms with Crippen molar-refractivity contribution in [3.63, 3.8) is 0 Å². The first-order chi connectivity index (χ1) is 8.97. The molecule has 4 heteroatoms. The molecule has 0 heterocycles. The van der Waals surface area contributed by atoms with Gasteiger partial charge < -0.3 is 5.32 Å². The van der Waals surface area contributed by atoms with Crippen molar-refractivity contribution in [2.45, 2.75) is 20.4 Å². The van der Waals surface area contributed by atoms with Crippen LogP contribution in [0, 0.1) is 19.7 Å². The molecule has 2 rings (SSSR count). The second-order valence-corrected chi connectivity index (χ2v) is 6.25. The van der Waals surface area contributed by atoms with Crippen LogP contribution in [-0.4, -0.2) is 0 Å². The average molecular weight is 387 g/mol. The molecule has 2 aromatic rings. The van der Waals surface area contributed by atoms with Crippen LogP contribution in [0.15, 0.2) is 39.3 Å². The molecule has 0 aliphatic carbocycles. The van der Waals surface area contributed by atoms with E-state index in [0.29, 0.717) is 11.0 Å². The van der Waals surface area contributed by atoms with Crippen LogP contribution >= 0.6 is 31.9 Å². The predicted molar refractivity (Wildman–Crippen MR) is 85.0 cm³/mol. The van der Waals surface area contributed by atoms with Crippen molar-refractivity contribution < 1.29 is 4.39 Å². The second kappa shape index (κ2) is 6.06. The Morgan fingerprint density at radius 1 is 1.05 bits per heavy atom. The first-order valence-corrected chi connectivity index (χ1v) is 7.50. The maximum atomic E-state index is 13.4. The van der Waals surface area contributed by atoms with E-state index in [-0.39, 0.29) is 5.82 Å². The number of hydrogen-bond acceptors (Lipinski definition) is 1. The fourth-order valence-electron chi connectivity index (χ4n) is 1.98. The number of aryl methyl sites for hydroxylation is 2. The molecular weight excluding hydrogens is 373 g/mol. The van der Waals surface area contributed by atoms with Gasteiger partial charge in [0, 0.05) is 11.0 Å². The highest BCUT2D eigenvalue weighted by Gasteiger charge is 2.06. The zero-order valence-corrected chi connectivity index (χ0v) is 13.9. The van der Waals surface area contributed by atoms with Crippen LogP contribution in [0.5, 0.6) is 0 Å². The van der Waals surface area contributed by atoms with Crippen LogP contribution < -0.4 is 5.32 Å². The van der Waals surface area contributed by atoms with Crippen molar-refractivity contribution in [2.24, 2.45) is 0 Å². The Balaban J connectivity index is 2.16. The van der Waals surface area contributed by atoms with Gasteiger partial charge in [-0.3, -0.25) is 0 Å². The minimum absolute atomic E-state index is 0.237. The summed E-state index contributed by atoms with van der Waals surface area (Å²) >= 11 is 6.71. The molecule has 0 aliphatic rings. The van der Waals surface area contributed by atoms with Crippen LogP contribution in [0.3, 0.4) is 0 Å². The zero-order chi connectivity index (χ0) is 14.0. The minimum Gasteiger partial charge on any atom is -0.380 e. The van der Waals surface area contributed by atoms with E-state index in [0.717, 1.165) is 15.7 Å². The molecule has 0 aromatic heterocycles. The molecule has 0 atom stereocenters. The minimum atomic E-state index is -0.237. The van der Waals surface area contributed by atoms with Gasteiger partial charge in [-0.25, -0.2) is 4.39 Å². The molecule has 1 N–H and O–H groups in total. The molecular formula is C15H14Br2FN. The highest BCUT2D eigenvalue weighted by Crippen LogP contribution is 2.28. The van der Waals surface area contributed by atoms with Gasteiger partial charge in [-0.05, 0) is 80.6 Å². The molecule has 0 bridgehead atoms. The third-order valence-corrected chi connectivity index (χ3v) is 4.15. The van der Waals surface area contributed by atoms with Gasteiger partial charge in [0.2, 0.25) is 0 Å². The number of halogens is 3. The standard InChI is InChI=1S/C15H14Br2FN/c1-9-5-10(2)15(13(17)6-9)19-8-11-3-4-12(16)14(18)7-11/h3-7,19H,8H2,1-2H3. The third-order valence-electron chi connectivity index (χ3n) is 2.89. The van der Waals surface area contributed by atoms with Gasteiger partial charge >= 0.3 is 0 Å². The topological polar surface area (TPSA) is 12.0 Å². The maximum absolute atomic E-state index is 13.4. The van der Waals surface area contributed by atoms with Crippen molar-refractivity contribution in [3.05, 3.63) is 61.8 Å². The van der Waals surface area contributed by atoms with E-state index in [4.69, 9.17) is 0 Å². The van der Waals surface area contributed by atoms with E-state index in [1.54, 1.807) is 6.07 Å². The summed E-state index contributed by atoms with van der Waals surface area (Å²) in [6.45, 7) is 4.71. The van der Waals surface area contributed by atoms with Gasteiger partial charge in [0.05, 0.1) is 10.2 Å². The summed E-state index contributed by atoms with van der Waals surface area (Å²) in [5.74, 6) is -0.237. The Morgan fingerprint density at radius 3 is 2.42 bits per heavy atom. The maximum Gasteiger partial charge on any atom is 0.137 e. The summed E-state index contributed by atoms with van der Waals surface area (Å²) in [4.78, 5) is 0. The van der Waals surface area contributed by atoms with Crippen LogP contribution in [0.4, 0.5) is 10.1 Å². The van der Waals surface area contributed by atoms with E-state index in [9.17, 15) is 4.39 Å². The fourth-order valence-corrected chi connectivity index (χ4v) is 3.04. The van der Waals surface area contributed by atoms with E-state index in [1.165, 1.54) is 17.2 Å². The highest BCUT2D eigenvalue weighted by atomic mass is 79.9. The molecule has 0 unspecified atom stereocenters. The summed E-state index contributed by atoms with van der Waals surface area (Å²) in [7, 11) is 0. The summed E-state index contributed by atoms with van der Waals surface area (Å²) in [5.41, 5.74) is 4.34. The number of nitrogens with one attached hydrogen (secondary N) is 1. The van der Waals surface area contributed by atoms with Gasteiger partial charge in [-0.1, -0.05) is 12.1 Å².